The van der Waals surface area contributed by atoms with E-state index in [1.807, 2.05) is 61.5 Å². The minimum absolute atomic E-state index is 0.108. The fourth-order valence-corrected chi connectivity index (χ4v) is 5.82. The van der Waals surface area contributed by atoms with E-state index in [2.05, 4.69) is 10.00 Å². The third-order valence-electron chi connectivity index (χ3n) is 6.03. The van der Waals surface area contributed by atoms with E-state index in [1.54, 1.807) is 17.9 Å². The lowest BCUT2D eigenvalue weighted by Crippen LogP contribution is -2.49. The van der Waals surface area contributed by atoms with E-state index in [-0.39, 0.29) is 16.5 Å². The summed E-state index contributed by atoms with van der Waals surface area (Å²) in [5, 5.41) is 4.84. The molecule has 35 heavy (non-hydrogen) atoms. The van der Waals surface area contributed by atoms with E-state index in [0.717, 1.165) is 17.7 Å². The normalized spacial score (nSPS) is 14.8. The van der Waals surface area contributed by atoms with Crippen molar-refractivity contribution < 1.29 is 13.2 Å². The summed E-state index contributed by atoms with van der Waals surface area (Å²) < 4.78 is 30.3. The number of aryl methyl sites for hydroxylation is 1. The molecule has 0 saturated carbocycles. The van der Waals surface area contributed by atoms with Crippen molar-refractivity contribution in [3.8, 4) is 0 Å². The zero-order chi connectivity index (χ0) is 25.0. The molecule has 0 radical (unpaired) electrons. The third kappa shape index (κ3) is 5.69. The number of anilines is 1. The zero-order valence-electron chi connectivity index (χ0n) is 20.0. The summed E-state index contributed by atoms with van der Waals surface area (Å²) >= 11 is 5.99. The molecule has 2 heterocycles. The van der Waals surface area contributed by atoms with Crippen LogP contribution in [0.25, 0.3) is 0 Å². The lowest BCUT2D eigenvalue weighted by molar-refractivity contribution is 0.0781. The van der Waals surface area contributed by atoms with Gasteiger partial charge in [0.15, 0.2) is 0 Å². The molecule has 1 aliphatic rings. The van der Waals surface area contributed by atoms with Crippen LogP contribution in [0.15, 0.2) is 65.8 Å². The van der Waals surface area contributed by atoms with Gasteiger partial charge in [-0.1, -0.05) is 48.9 Å². The lowest BCUT2D eigenvalue weighted by Gasteiger charge is -2.35. The van der Waals surface area contributed by atoms with Crippen LogP contribution in [0.2, 0.25) is 5.02 Å². The van der Waals surface area contributed by atoms with Gasteiger partial charge in [0, 0.05) is 63.2 Å². The van der Waals surface area contributed by atoms with Gasteiger partial charge in [-0.2, -0.15) is 9.40 Å². The van der Waals surface area contributed by atoms with Crippen molar-refractivity contribution in [2.24, 2.45) is 0 Å². The zero-order valence-corrected chi connectivity index (χ0v) is 21.5. The molecule has 1 aromatic heterocycles. The molecule has 1 saturated heterocycles. The number of benzene rings is 2. The summed E-state index contributed by atoms with van der Waals surface area (Å²) in [5.74, 6) is -0.366. The molecule has 186 valence electrons. The van der Waals surface area contributed by atoms with Gasteiger partial charge in [-0.05, 0) is 36.2 Å². The highest BCUT2D eigenvalue weighted by Gasteiger charge is 2.35. The molecule has 0 spiro atoms. The fourth-order valence-electron chi connectivity index (χ4n) is 4.18. The first-order chi connectivity index (χ1) is 16.8. The Kier molecular flexibility index (Phi) is 7.78. The smallest absolute Gasteiger partial charge is 0.263 e. The number of hydrogen-bond acceptors (Lipinski definition) is 5. The van der Waals surface area contributed by atoms with Crippen LogP contribution in [-0.2, 0) is 23.1 Å². The van der Waals surface area contributed by atoms with Crippen molar-refractivity contribution >= 4 is 33.2 Å². The monoisotopic (exact) mass is 515 g/mol. The maximum Gasteiger partial charge on any atom is 0.263 e. The number of piperazine rings is 1. The second kappa shape index (κ2) is 10.8. The van der Waals surface area contributed by atoms with E-state index < -0.39 is 10.0 Å². The third-order valence-corrected chi connectivity index (χ3v) is 8.12. The lowest BCUT2D eigenvalue weighted by atomic mass is 10.2. The quantitative estimate of drug-likeness (QED) is 0.457. The van der Waals surface area contributed by atoms with Gasteiger partial charge in [-0.3, -0.25) is 9.48 Å². The van der Waals surface area contributed by atoms with Gasteiger partial charge in [-0.15, -0.1) is 0 Å². The van der Waals surface area contributed by atoms with E-state index in [4.69, 9.17) is 11.6 Å². The van der Waals surface area contributed by atoms with Crippen molar-refractivity contribution in [3.05, 3.63) is 76.9 Å². The predicted molar refractivity (Wildman–Crippen MR) is 137 cm³/mol. The molecule has 1 amide bonds. The van der Waals surface area contributed by atoms with E-state index in [9.17, 15) is 13.2 Å². The number of carbonyl (C=O) groups is 1. The Morgan fingerprint density at radius 3 is 2.31 bits per heavy atom. The Morgan fingerprint density at radius 2 is 1.69 bits per heavy atom. The predicted octanol–water partition coefficient (Wildman–Crippen LogP) is 3.73. The van der Waals surface area contributed by atoms with Gasteiger partial charge in [0.05, 0.1) is 5.56 Å². The summed E-state index contributed by atoms with van der Waals surface area (Å²) in [4.78, 5) is 17.0. The number of sulfonamides is 1. The Morgan fingerprint density at radius 1 is 1.03 bits per heavy atom. The van der Waals surface area contributed by atoms with Gasteiger partial charge < -0.3 is 9.80 Å². The topological polar surface area (TPSA) is 78.8 Å². The van der Waals surface area contributed by atoms with Crippen LogP contribution in [-0.4, -0.2) is 66.5 Å². The molecule has 0 bridgehead atoms. The Balaban J connectivity index is 1.55. The molecule has 0 aliphatic carbocycles. The number of aromatic nitrogens is 2. The largest absolute Gasteiger partial charge is 0.369 e. The minimum Gasteiger partial charge on any atom is -0.369 e. The second-order valence-corrected chi connectivity index (χ2v) is 10.9. The van der Waals surface area contributed by atoms with Crippen molar-refractivity contribution in [1.29, 1.82) is 0 Å². The maximum atomic E-state index is 13.6. The van der Waals surface area contributed by atoms with Crippen molar-refractivity contribution in [1.82, 2.24) is 19.0 Å². The molecule has 4 rings (SSSR count). The van der Waals surface area contributed by atoms with Crippen LogP contribution < -0.4 is 4.90 Å². The highest BCUT2D eigenvalue weighted by Crippen LogP contribution is 2.25. The van der Waals surface area contributed by atoms with Crippen molar-refractivity contribution in [3.63, 3.8) is 0 Å². The van der Waals surface area contributed by atoms with E-state index in [1.165, 1.54) is 9.21 Å². The van der Waals surface area contributed by atoms with E-state index in [0.29, 0.717) is 44.3 Å². The molecule has 1 fully saturated rings. The van der Waals surface area contributed by atoms with Gasteiger partial charge >= 0.3 is 0 Å². The number of nitrogens with zero attached hydrogens (tertiary/aromatic N) is 5. The molecule has 1 aliphatic heterocycles. The maximum absolute atomic E-state index is 13.6. The molecule has 0 atom stereocenters. The van der Waals surface area contributed by atoms with Gasteiger partial charge in [0.2, 0.25) is 5.03 Å². The summed E-state index contributed by atoms with van der Waals surface area (Å²) in [7, 11) is -2.27. The van der Waals surface area contributed by atoms with Crippen LogP contribution in [0.4, 0.5) is 5.69 Å². The molecular weight excluding hydrogens is 486 g/mol. The van der Waals surface area contributed by atoms with Gasteiger partial charge in [0.25, 0.3) is 15.9 Å². The highest BCUT2D eigenvalue weighted by atomic mass is 35.5. The van der Waals surface area contributed by atoms with Crippen LogP contribution in [0, 0.1) is 0 Å². The number of amides is 1. The Hall–Kier alpha value is -2.88. The minimum atomic E-state index is -3.95. The number of carbonyl (C=O) groups excluding carboxylic acids is 1. The Bertz CT molecular complexity index is 1250. The summed E-state index contributed by atoms with van der Waals surface area (Å²) in [6.07, 6.45) is 2.33. The molecular formula is C25H30ClN5O3S. The number of hydrogen-bond donors (Lipinski definition) is 0. The van der Waals surface area contributed by atoms with Crippen molar-refractivity contribution in [2.75, 3.05) is 38.1 Å². The molecule has 0 N–H and O–H groups in total. The van der Waals surface area contributed by atoms with Crippen LogP contribution in [0.1, 0.15) is 29.3 Å². The number of halogens is 1. The first-order valence-electron chi connectivity index (χ1n) is 11.7. The standard InChI is InChI=1S/C25H30ClN5O3S/c1-3-13-30-19-23(25(32)28(2)18-20-7-5-4-6-8-20)24(27-30)35(33,34)31-16-14-29(15-17-31)22-11-9-21(26)10-12-22/h4-12,19H,3,13-18H2,1-2H3. The second-order valence-electron chi connectivity index (χ2n) is 8.63. The first kappa shape index (κ1) is 25.2. The van der Waals surface area contributed by atoms with Gasteiger partial charge in [-0.25, -0.2) is 8.42 Å². The molecule has 3 aromatic rings. The average molecular weight is 516 g/mol. The van der Waals surface area contributed by atoms with Gasteiger partial charge in [0.1, 0.15) is 0 Å². The summed E-state index contributed by atoms with van der Waals surface area (Å²) in [6, 6.07) is 17.1. The highest BCUT2D eigenvalue weighted by molar-refractivity contribution is 7.89. The molecule has 0 unspecified atom stereocenters. The van der Waals surface area contributed by atoms with Crippen LogP contribution >= 0.6 is 11.6 Å². The van der Waals surface area contributed by atoms with Crippen LogP contribution in [0.3, 0.4) is 0 Å². The fraction of sp³-hybridized carbons (Fsp3) is 0.360. The van der Waals surface area contributed by atoms with Crippen LogP contribution in [0.5, 0.6) is 0 Å². The number of rotatable bonds is 8. The van der Waals surface area contributed by atoms with E-state index >= 15 is 0 Å². The SMILES string of the molecule is CCCn1cc(C(=O)N(C)Cc2ccccc2)c(S(=O)(=O)N2CCN(c3ccc(Cl)cc3)CC2)n1. The first-order valence-corrected chi connectivity index (χ1v) is 13.5. The molecule has 10 heteroatoms. The average Bonchev–Trinajstić information content (AvgIpc) is 3.30. The molecule has 2 aromatic carbocycles. The summed E-state index contributed by atoms with van der Waals surface area (Å²) in [5.41, 5.74) is 2.07. The molecule has 8 nitrogen and oxygen atoms in total. The Labute approximate surface area is 211 Å². The van der Waals surface area contributed by atoms with Crippen molar-refractivity contribution in [2.45, 2.75) is 31.5 Å². The summed E-state index contributed by atoms with van der Waals surface area (Å²) in [6.45, 7) is 4.56.